The number of anilines is 2. The van der Waals surface area contributed by atoms with E-state index >= 15 is 0 Å². The van der Waals surface area contributed by atoms with Gasteiger partial charge < -0.3 is 23.7 Å². The third kappa shape index (κ3) is 8.25. The molecule has 0 atom stereocenters. The van der Waals surface area contributed by atoms with Crippen molar-refractivity contribution in [1.29, 1.82) is 0 Å². The number of hydrogen-bond acceptors (Lipinski definition) is 4. The Hall–Kier alpha value is -6.39. The maximum absolute atomic E-state index is 8.72. The summed E-state index contributed by atoms with van der Waals surface area (Å²) < 4.78 is 37.3. The molecule has 9 aromatic rings. The second-order valence-electron chi connectivity index (χ2n) is 20.2. The quantitative estimate of drug-likeness (QED) is 0.118. The summed E-state index contributed by atoms with van der Waals surface area (Å²) >= 11 is 0. The second kappa shape index (κ2) is 16.8. The van der Waals surface area contributed by atoms with E-state index in [1.54, 1.807) is 12.3 Å². The summed E-state index contributed by atoms with van der Waals surface area (Å²) in [5, 5.41) is 1.90. The molecule has 0 aliphatic carbocycles. The maximum Gasteiger partial charge on any atom is 0.135 e. The Kier molecular flexibility index (Phi) is 10.5. The summed E-state index contributed by atoms with van der Waals surface area (Å²) in [5.74, 6) is 1.49. The zero-order valence-corrected chi connectivity index (χ0v) is 40.5. The van der Waals surface area contributed by atoms with Gasteiger partial charge in [-0.2, -0.15) is 6.07 Å². The predicted molar refractivity (Wildman–Crippen MR) is 271 cm³/mol. The van der Waals surface area contributed by atoms with E-state index in [2.05, 4.69) is 169 Å². The Morgan fingerprint density at radius 3 is 1.88 bits per heavy atom. The zero-order chi connectivity index (χ0) is 47.9. The number of hydrogen-bond donors (Lipinski definition) is 0. The van der Waals surface area contributed by atoms with Crippen molar-refractivity contribution in [2.75, 3.05) is 9.80 Å². The van der Waals surface area contributed by atoms with Gasteiger partial charge in [-0.1, -0.05) is 146 Å². The first-order valence-electron chi connectivity index (χ1n) is 23.9. The van der Waals surface area contributed by atoms with Crippen LogP contribution in [0, 0.1) is 25.7 Å². The number of benzene rings is 6. The van der Waals surface area contributed by atoms with Gasteiger partial charge in [0.1, 0.15) is 5.82 Å². The Labute approximate surface area is 408 Å². The minimum Gasteiger partial charge on any atom is -0.509 e. The zero-order valence-electron chi connectivity index (χ0n) is 42.0. The van der Waals surface area contributed by atoms with Gasteiger partial charge in [0.25, 0.3) is 0 Å². The molecule has 336 valence electrons. The number of rotatable bonds is 7. The van der Waals surface area contributed by atoms with Gasteiger partial charge >= 0.3 is 0 Å². The molecule has 66 heavy (non-hydrogen) atoms. The van der Waals surface area contributed by atoms with E-state index in [0.29, 0.717) is 28.4 Å². The average molecular weight is 961 g/mol. The van der Waals surface area contributed by atoms with Crippen molar-refractivity contribution in [3.05, 3.63) is 193 Å². The predicted octanol–water partition coefficient (Wildman–Crippen LogP) is 15.3. The summed E-state index contributed by atoms with van der Waals surface area (Å²) in [5.41, 5.74) is 11.5. The van der Waals surface area contributed by atoms with Crippen molar-refractivity contribution in [3.63, 3.8) is 0 Å². The van der Waals surface area contributed by atoms with Crippen LogP contribution in [0.2, 0.25) is 0 Å². The molecule has 1 aliphatic rings. The first-order chi connectivity index (χ1) is 32.2. The minimum atomic E-state index is -2.42. The summed E-state index contributed by atoms with van der Waals surface area (Å²) in [6.07, 6.45) is 5.84. The van der Waals surface area contributed by atoms with E-state index in [-0.39, 0.29) is 42.2 Å². The van der Waals surface area contributed by atoms with Crippen LogP contribution < -0.4 is 14.5 Å². The van der Waals surface area contributed by atoms with Crippen molar-refractivity contribution in [3.8, 4) is 34.1 Å². The van der Waals surface area contributed by atoms with Crippen LogP contribution in [0.3, 0.4) is 0 Å². The smallest absolute Gasteiger partial charge is 0.135 e. The fourth-order valence-corrected chi connectivity index (χ4v) is 8.74. The SMILES string of the molecule is [2H]C([2H])([2H])c1cc(-n2c3[c-]c(Oc4[c-]c(N5C=CN(c6cc(C(C)(C)C)cc(C(C)(C)C)c6)[CH-]5)cc(C(C)(C)C)c4)ccc3c3c2c2ccccc2n3-c2ccccc2)ncc1-c1ccccc1.[Pd]. The van der Waals surface area contributed by atoms with Crippen LogP contribution in [0.1, 0.15) is 88.7 Å². The molecule has 7 heteroatoms. The van der Waals surface area contributed by atoms with E-state index in [1.165, 1.54) is 11.1 Å². The molecule has 4 heterocycles. The first-order valence-corrected chi connectivity index (χ1v) is 22.4. The van der Waals surface area contributed by atoms with Crippen LogP contribution in [0.25, 0.3) is 55.5 Å². The molecule has 0 radical (unpaired) electrons. The number of aromatic nitrogens is 3. The van der Waals surface area contributed by atoms with Gasteiger partial charge in [-0.05, 0) is 94.1 Å². The van der Waals surface area contributed by atoms with E-state index in [1.807, 2.05) is 71.3 Å². The second-order valence-corrected chi connectivity index (χ2v) is 20.2. The van der Waals surface area contributed by atoms with Crippen LogP contribution in [-0.2, 0) is 36.7 Å². The molecule has 3 aromatic heterocycles. The van der Waals surface area contributed by atoms with Crippen molar-refractivity contribution in [2.24, 2.45) is 0 Å². The number of para-hydroxylation sites is 2. The molecular formula is C59H56N5OPd-3. The summed E-state index contributed by atoms with van der Waals surface area (Å²) in [7, 11) is 0. The fraction of sp³-hybridized carbons (Fsp3) is 0.220. The largest absolute Gasteiger partial charge is 0.509 e. The van der Waals surface area contributed by atoms with Gasteiger partial charge in [-0.15, -0.1) is 48.3 Å². The van der Waals surface area contributed by atoms with Gasteiger partial charge in [0.15, 0.2) is 0 Å². The van der Waals surface area contributed by atoms with Crippen LogP contribution in [0.4, 0.5) is 11.4 Å². The Bertz CT molecular complexity index is 3370. The average Bonchev–Trinajstić information content (AvgIpc) is 4.01. The molecule has 0 amide bonds. The molecule has 1 aliphatic heterocycles. The molecule has 10 rings (SSSR count). The summed E-state index contributed by atoms with van der Waals surface area (Å²) in [6.45, 7) is 19.8. The molecule has 0 unspecified atom stereocenters. The third-order valence-corrected chi connectivity index (χ3v) is 12.4. The molecule has 0 saturated carbocycles. The van der Waals surface area contributed by atoms with Gasteiger partial charge in [0.2, 0.25) is 0 Å². The normalized spacial score (nSPS) is 14.2. The van der Waals surface area contributed by atoms with Crippen LogP contribution >= 0.6 is 0 Å². The van der Waals surface area contributed by atoms with Crippen molar-refractivity contribution < 1.29 is 29.3 Å². The minimum absolute atomic E-state index is 0. The number of pyridine rings is 1. The van der Waals surface area contributed by atoms with Gasteiger partial charge in [0, 0.05) is 70.1 Å². The maximum atomic E-state index is 8.72. The first kappa shape index (κ1) is 41.1. The fourth-order valence-electron chi connectivity index (χ4n) is 8.74. The molecule has 0 N–H and O–H groups in total. The summed E-state index contributed by atoms with van der Waals surface area (Å²) in [6, 6.07) is 52.3. The number of aryl methyl sites for hydroxylation is 1. The van der Waals surface area contributed by atoms with Gasteiger partial charge in [-0.25, -0.2) is 4.98 Å². The van der Waals surface area contributed by atoms with E-state index < -0.39 is 6.85 Å². The van der Waals surface area contributed by atoms with E-state index in [9.17, 15) is 0 Å². The monoisotopic (exact) mass is 959 g/mol. The number of ether oxygens (including phenoxy) is 1. The van der Waals surface area contributed by atoms with Crippen LogP contribution in [-0.4, -0.2) is 14.1 Å². The van der Waals surface area contributed by atoms with Crippen LogP contribution in [0.5, 0.6) is 11.5 Å². The number of nitrogens with zero attached hydrogens (tertiary/aromatic N) is 5. The third-order valence-electron chi connectivity index (χ3n) is 12.4. The number of fused-ring (bicyclic) bond motifs is 5. The van der Waals surface area contributed by atoms with Gasteiger partial charge in [-0.3, -0.25) is 0 Å². The molecule has 0 bridgehead atoms. The standard InChI is InChI=1S/C59H56N5O.Pd/c1-39-29-54(60-37-51(39)40-19-13-11-14-20-40)64-53-36-47(25-26-50(53)55-56(64)49-23-17-18-24-52(49)63(55)44-21-15-12-16-22-44)65-48-34-43(59(8,9)10)33-46(35-48)62-28-27-61(38-62)45-31-41(57(2,3)4)30-42(32-45)58(5,6)7;/h11-34,37-38H,1-10H3;/q-3;/i1D3;. The topological polar surface area (TPSA) is 38.5 Å². The molecule has 6 aromatic carbocycles. The Balaban J connectivity index is 0.00000593. The Morgan fingerprint density at radius 2 is 1.20 bits per heavy atom. The van der Waals surface area contributed by atoms with E-state index in [0.717, 1.165) is 55.5 Å². The van der Waals surface area contributed by atoms with Crippen molar-refractivity contribution in [1.82, 2.24) is 14.1 Å². The summed E-state index contributed by atoms with van der Waals surface area (Å²) in [4.78, 5) is 9.31. The molecule has 0 spiro atoms. The molecular weight excluding hydrogens is 901 g/mol. The molecule has 0 fully saturated rings. The van der Waals surface area contributed by atoms with Crippen LogP contribution in [0.15, 0.2) is 152 Å². The van der Waals surface area contributed by atoms with Gasteiger partial charge in [0.05, 0.1) is 11.0 Å². The molecule has 0 saturated heterocycles. The van der Waals surface area contributed by atoms with E-state index in [4.69, 9.17) is 13.8 Å². The van der Waals surface area contributed by atoms with Crippen molar-refractivity contribution in [2.45, 2.75) is 85.4 Å². The Morgan fingerprint density at radius 1 is 0.576 bits per heavy atom. The molecule has 6 nitrogen and oxygen atoms in total. The van der Waals surface area contributed by atoms with Crippen molar-refractivity contribution >= 4 is 44.2 Å².